The third-order valence-corrected chi connectivity index (χ3v) is 2.86. The minimum absolute atomic E-state index is 0.383. The van der Waals surface area contributed by atoms with E-state index in [0.717, 1.165) is 12.8 Å². The third-order valence-electron chi connectivity index (χ3n) is 2.86. The summed E-state index contributed by atoms with van der Waals surface area (Å²) in [5.74, 6) is 0. The van der Waals surface area contributed by atoms with Crippen LogP contribution >= 0.6 is 0 Å². The lowest BCUT2D eigenvalue weighted by Crippen LogP contribution is -2.57. The summed E-state index contributed by atoms with van der Waals surface area (Å²) >= 11 is 0. The summed E-state index contributed by atoms with van der Waals surface area (Å²) in [6.45, 7) is 1.71. The van der Waals surface area contributed by atoms with Crippen LogP contribution in [-0.2, 0) is 4.74 Å². The number of hydrogen-bond donors (Lipinski definition) is 3. The molecule has 1 saturated carbocycles. The molecule has 1 saturated heterocycles. The van der Waals surface area contributed by atoms with Crippen molar-refractivity contribution in [3.8, 4) is 0 Å². The van der Waals surface area contributed by atoms with Gasteiger partial charge in [0.25, 0.3) is 0 Å². The molecule has 3 N–H and O–H groups in total. The molecule has 4 atom stereocenters. The zero-order valence-electron chi connectivity index (χ0n) is 6.97. The molecule has 1 aliphatic heterocycles. The van der Waals surface area contributed by atoms with E-state index in [1.54, 1.807) is 6.92 Å². The molecule has 4 nitrogen and oxygen atoms in total. The number of rotatable bonds is 0. The Bertz CT molecular complexity index is 189. The Balaban J connectivity index is 2.15. The Labute approximate surface area is 70.8 Å². The Morgan fingerprint density at radius 3 is 2.25 bits per heavy atom. The lowest BCUT2D eigenvalue weighted by Gasteiger charge is -2.39. The van der Waals surface area contributed by atoms with E-state index >= 15 is 0 Å². The van der Waals surface area contributed by atoms with E-state index in [-0.39, 0.29) is 6.10 Å². The smallest absolute Gasteiger partial charge is 0.111 e. The number of ether oxygens (including phenoxy) is 1. The van der Waals surface area contributed by atoms with Gasteiger partial charge < -0.3 is 20.1 Å². The van der Waals surface area contributed by atoms with Crippen molar-refractivity contribution in [3.05, 3.63) is 0 Å². The van der Waals surface area contributed by atoms with E-state index in [1.165, 1.54) is 0 Å². The average molecular weight is 174 g/mol. The van der Waals surface area contributed by atoms with Crippen LogP contribution in [0, 0.1) is 0 Å². The Morgan fingerprint density at radius 1 is 1.17 bits per heavy atom. The molecule has 0 amide bonds. The second-order valence-electron chi connectivity index (χ2n) is 3.81. The van der Waals surface area contributed by atoms with Gasteiger partial charge in [-0.3, -0.25) is 0 Å². The first-order chi connectivity index (χ1) is 5.57. The van der Waals surface area contributed by atoms with E-state index in [9.17, 15) is 15.3 Å². The van der Waals surface area contributed by atoms with E-state index in [0.29, 0.717) is 0 Å². The van der Waals surface area contributed by atoms with Crippen molar-refractivity contribution in [2.45, 2.75) is 49.8 Å². The highest BCUT2D eigenvalue weighted by molar-refractivity contribution is 5.09. The molecule has 12 heavy (non-hydrogen) atoms. The maximum atomic E-state index is 9.52. The van der Waals surface area contributed by atoms with E-state index < -0.39 is 23.9 Å². The van der Waals surface area contributed by atoms with Gasteiger partial charge in [0.2, 0.25) is 0 Å². The summed E-state index contributed by atoms with van der Waals surface area (Å²) in [6.07, 6.45) is -1.78. The Kier molecular flexibility index (Phi) is 1.70. The number of aliphatic hydroxyl groups is 3. The fourth-order valence-electron chi connectivity index (χ4n) is 1.82. The van der Waals surface area contributed by atoms with Gasteiger partial charge in [0.1, 0.15) is 18.3 Å². The van der Waals surface area contributed by atoms with Gasteiger partial charge in [0.05, 0.1) is 11.7 Å². The van der Waals surface area contributed by atoms with Gasteiger partial charge in [-0.15, -0.1) is 0 Å². The first-order valence-electron chi connectivity index (χ1n) is 4.29. The van der Waals surface area contributed by atoms with Crippen molar-refractivity contribution in [2.24, 2.45) is 0 Å². The van der Waals surface area contributed by atoms with E-state index in [4.69, 9.17) is 4.74 Å². The molecule has 2 fully saturated rings. The van der Waals surface area contributed by atoms with Gasteiger partial charge in [-0.1, -0.05) is 0 Å². The molecule has 4 heteroatoms. The highest BCUT2D eigenvalue weighted by Gasteiger charge is 2.59. The molecule has 0 aromatic rings. The summed E-state index contributed by atoms with van der Waals surface area (Å²) in [5.41, 5.74) is -0.544. The minimum atomic E-state index is -1.06. The predicted molar refractivity (Wildman–Crippen MR) is 40.5 cm³/mol. The van der Waals surface area contributed by atoms with Crippen LogP contribution in [0.1, 0.15) is 19.8 Å². The summed E-state index contributed by atoms with van der Waals surface area (Å²) in [6, 6.07) is 0. The SMILES string of the molecule is C[C@H]1OC2(CC2)[C@@H](O)[C@@H](O)[C@@H]1O. The topological polar surface area (TPSA) is 69.9 Å². The van der Waals surface area contributed by atoms with Crippen molar-refractivity contribution in [1.82, 2.24) is 0 Å². The van der Waals surface area contributed by atoms with Crippen LogP contribution in [0.2, 0.25) is 0 Å². The molecule has 2 aliphatic rings. The van der Waals surface area contributed by atoms with Crippen molar-refractivity contribution in [3.63, 3.8) is 0 Å². The van der Waals surface area contributed by atoms with Crippen molar-refractivity contribution in [1.29, 1.82) is 0 Å². The Morgan fingerprint density at radius 2 is 1.75 bits per heavy atom. The quantitative estimate of drug-likeness (QED) is 0.441. The molecule has 70 valence electrons. The van der Waals surface area contributed by atoms with Crippen molar-refractivity contribution >= 4 is 0 Å². The molecule has 0 aromatic heterocycles. The second-order valence-corrected chi connectivity index (χ2v) is 3.81. The predicted octanol–water partition coefficient (Wildman–Crippen LogP) is -0.980. The van der Waals surface area contributed by atoms with Gasteiger partial charge >= 0.3 is 0 Å². The summed E-state index contributed by atoms with van der Waals surface area (Å²) in [7, 11) is 0. The summed E-state index contributed by atoms with van der Waals surface area (Å²) in [5, 5.41) is 28.3. The van der Waals surface area contributed by atoms with Crippen LogP contribution < -0.4 is 0 Å². The van der Waals surface area contributed by atoms with Crippen LogP contribution in [0.15, 0.2) is 0 Å². The molecule has 1 aliphatic carbocycles. The van der Waals surface area contributed by atoms with Crippen molar-refractivity contribution < 1.29 is 20.1 Å². The van der Waals surface area contributed by atoms with Crippen LogP contribution in [0.25, 0.3) is 0 Å². The molecular weight excluding hydrogens is 160 g/mol. The first kappa shape index (κ1) is 8.44. The van der Waals surface area contributed by atoms with Crippen LogP contribution in [0.3, 0.4) is 0 Å². The average Bonchev–Trinajstić information content (AvgIpc) is 2.79. The zero-order chi connectivity index (χ0) is 8.93. The van der Waals surface area contributed by atoms with Crippen LogP contribution in [0.5, 0.6) is 0 Å². The fraction of sp³-hybridized carbons (Fsp3) is 1.00. The highest BCUT2D eigenvalue weighted by atomic mass is 16.6. The van der Waals surface area contributed by atoms with Gasteiger partial charge in [-0.05, 0) is 19.8 Å². The van der Waals surface area contributed by atoms with E-state index in [1.807, 2.05) is 0 Å². The first-order valence-corrected chi connectivity index (χ1v) is 4.29. The number of aliphatic hydroxyl groups excluding tert-OH is 3. The van der Waals surface area contributed by atoms with Crippen LogP contribution in [-0.4, -0.2) is 45.3 Å². The molecule has 2 rings (SSSR count). The van der Waals surface area contributed by atoms with E-state index in [2.05, 4.69) is 0 Å². The number of hydrogen-bond acceptors (Lipinski definition) is 4. The molecule has 0 unspecified atom stereocenters. The highest BCUT2D eigenvalue weighted by Crippen LogP contribution is 2.48. The van der Waals surface area contributed by atoms with Gasteiger partial charge in [-0.25, -0.2) is 0 Å². The third kappa shape index (κ3) is 0.992. The zero-order valence-corrected chi connectivity index (χ0v) is 6.97. The maximum absolute atomic E-state index is 9.52. The Hall–Kier alpha value is -0.160. The summed E-state index contributed by atoms with van der Waals surface area (Å²) in [4.78, 5) is 0. The molecule has 1 heterocycles. The van der Waals surface area contributed by atoms with Gasteiger partial charge in [-0.2, -0.15) is 0 Å². The standard InChI is InChI=1S/C8H14O4/c1-4-5(9)6(10)7(11)8(12-4)2-3-8/h4-7,9-11H,2-3H2,1H3/t4-,5-,6+,7+/m1/s1. The lowest BCUT2D eigenvalue weighted by atomic mass is 9.94. The molecule has 0 radical (unpaired) electrons. The molecular formula is C8H14O4. The fourth-order valence-corrected chi connectivity index (χ4v) is 1.82. The molecule has 0 aromatic carbocycles. The lowest BCUT2D eigenvalue weighted by molar-refractivity contribution is -0.228. The monoisotopic (exact) mass is 174 g/mol. The maximum Gasteiger partial charge on any atom is 0.111 e. The molecule has 0 bridgehead atoms. The van der Waals surface area contributed by atoms with Crippen LogP contribution in [0.4, 0.5) is 0 Å². The second kappa shape index (κ2) is 2.42. The normalized spacial score (nSPS) is 51.0. The van der Waals surface area contributed by atoms with Gasteiger partial charge in [0.15, 0.2) is 0 Å². The largest absolute Gasteiger partial charge is 0.388 e. The van der Waals surface area contributed by atoms with Gasteiger partial charge in [0, 0.05) is 0 Å². The molecule has 1 spiro atoms. The van der Waals surface area contributed by atoms with Crippen molar-refractivity contribution in [2.75, 3.05) is 0 Å². The summed E-state index contributed by atoms with van der Waals surface area (Å²) < 4.78 is 5.42. The minimum Gasteiger partial charge on any atom is -0.388 e.